The molecule has 2 saturated heterocycles. The molecule has 0 aliphatic carbocycles. The highest BCUT2D eigenvalue weighted by Gasteiger charge is 2.44. The summed E-state index contributed by atoms with van der Waals surface area (Å²) in [5.41, 5.74) is -0.144. The SMILES string of the molecule is CC(=O)N1CC[C@]2(CCN(Cc3ccccc3C(F)(F)F)C2)C1. The minimum absolute atomic E-state index is 0.0683. The molecule has 2 aliphatic heterocycles. The monoisotopic (exact) mass is 326 g/mol. The molecule has 0 bridgehead atoms. The van der Waals surface area contributed by atoms with Gasteiger partial charge in [0.15, 0.2) is 0 Å². The van der Waals surface area contributed by atoms with Crippen molar-refractivity contribution in [1.29, 1.82) is 0 Å². The van der Waals surface area contributed by atoms with Gasteiger partial charge in [-0.1, -0.05) is 18.2 Å². The number of carbonyl (C=O) groups is 1. The van der Waals surface area contributed by atoms with E-state index in [4.69, 9.17) is 0 Å². The standard InChI is InChI=1S/C17H21F3N2O/c1-13(23)22-9-7-16(12-22)6-8-21(11-16)10-14-4-2-3-5-15(14)17(18,19)20/h2-5H,6-12H2,1H3/t16-/m0/s1. The van der Waals surface area contributed by atoms with Crippen LogP contribution in [0.1, 0.15) is 30.9 Å². The second-order valence-corrected chi connectivity index (χ2v) is 6.81. The summed E-state index contributed by atoms with van der Waals surface area (Å²) >= 11 is 0. The Hall–Kier alpha value is -1.56. The summed E-state index contributed by atoms with van der Waals surface area (Å²) in [4.78, 5) is 15.4. The first kappa shape index (κ1) is 16.3. The predicted octanol–water partition coefficient (Wildman–Crippen LogP) is 3.15. The van der Waals surface area contributed by atoms with Crippen molar-refractivity contribution < 1.29 is 18.0 Å². The quantitative estimate of drug-likeness (QED) is 0.833. The van der Waals surface area contributed by atoms with Gasteiger partial charge in [-0.25, -0.2) is 0 Å². The van der Waals surface area contributed by atoms with Crippen LogP contribution in [0.3, 0.4) is 0 Å². The van der Waals surface area contributed by atoms with Crippen LogP contribution in [-0.2, 0) is 17.5 Å². The van der Waals surface area contributed by atoms with Crippen LogP contribution in [-0.4, -0.2) is 41.9 Å². The molecule has 2 fully saturated rings. The lowest BCUT2D eigenvalue weighted by atomic mass is 9.86. The Morgan fingerprint density at radius 2 is 1.87 bits per heavy atom. The largest absolute Gasteiger partial charge is 0.416 e. The predicted molar refractivity (Wildman–Crippen MR) is 80.6 cm³/mol. The molecule has 0 radical (unpaired) electrons. The molecule has 0 N–H and O–H groups in total. The van der Waals surface area contributed by atoms with Gasteiger partial charge in [0.25, 0.3) is 0 Å². The Bertz CT molecular complexity index is 602. The number of benzene rings is 1. The Morgan fingerprint density at radius 3 is 2.52 bits per heavy atom. The summed E-state index contributed by atoms with van der Waals surface area (Å²) in [7, 11) is 0. The molecule has 1 aromatic carbocycles. The van der Waals surface area contributed by atoms with E-state index in [1.165, 1.54) is 6.07 Å². The van der Waals surface area contributed by atoms with Crippen LogP contribution in [0.15, 0.2) is 24.3 Å². The van der Waals surface area contributed by atoms with E-state index in [1.807, 2.05) is 4.90 Å². The fourth-order valence-electron chi connectivity index (χ4n) is 3.88. The number of amides is 1. The smallest absolute Gasteiger partial charge is 0.342 e. The van der Waals surface area contributed by atoms with E-state index >= 15 is 0 Å². The Kier molecular flexibility index (Phi) is 4.12. The van der Waals surface area contributed by atoms with E-state index in [9.17, 15) is 18.0 Å². The van der Waals surface area contributed by atoms with Gasteiger partial charge in [0.1, 0.15) is 0 Å². The van der Waals surface area contributed by atoms with E-state index in [0.717, 1.165) is 45.1 Å². The van der Waals surface area contributed by atoms with Gasteiger partial charge >= 0.3 is 6.18 Å². The molecule has 1 atom stereocenters. The fraction of sp³-hybridized carbons (Fsp3) is 0.588. The lowest BCUT2D eigenvalue weighted by Gasteiger charge is -2.25. The van der Waals surface area contributed by atoms with Gasteiger partial charge in [0, 0.05) is 38.5 Å². The number of hydrogen-bond donors (Lipinski definition) is 0. The maximum Gasteiger partial charge on any atom is 0.416 e. The van der Waals surface area contributed by atoms with E-state index in [1.54, 1.807) is 19.1 Å². The molecule has 0 aromatic heterocycles. The summed E-state index contributed by atoms with van der Waals surface area (Å²) in [5, 5.41) is 0. The van der Waals surface area contributed by atoms with Crippen molar-refractivity contribution >= 4 is 5.91 Å². The second-order valence-electron chi connectivity index (χ2n) is 6.81. The zero-order valence-corrected chi connectivity index (χ0v) is 13.2. The van der Waals surface area contributed by atoms with E-state index in [-0.39, 0.29) is 11.3 Å². The van der Waals surface area contributed by atoms with Crippen molar-refractivity contribution in [2.75, 3.05) is 26.2 Å². The summed E-state index contributed by atoms with van der Waals surface area (Å²) < 4.78 is 39.3. The molecule has 1 amide bonds. The van der Waals surface area contributed by atoms with Gasteiger partial charge in [-0.3, -0.25) is 9.69 Å². The maximum absolute atomic E-state index is 13.1. The van der Waals surface area contributed by atoms with Crippen LogP contribution < -0.4 is 0 Å². The average molecular weight is 326 g/mol. The van der Waals surface area contributed by atoms with E-state index in [0.29, 0.717) is 12.1 Å². The van der Waals surface area contributed by atoms with Crippen molar-refractivity contribution in [2.24, 2.45) is 5.41 Å². The van der Waals surface area contributed by atoms with Gasteiger partial charge in [0.05, 0.1) is 5.56 Å². The number of hydrogen-bond acceptors (Lipinski definition) is 2. The number of halogens is 3. The van der Waals surface area contributed by atoms with Crippen molar-refractivity contribution in [1.82, 2.24) is 9.80 Å². The van der Waals surface area contributed by atoms with Crippen molar-refractivity contribution in [3.05, 3.63) is 35.4 Å². The molecule has 3 rings (SSSR count). The number of alkyl halides is 3. The first-order valence-electron chi connectivity index (χ1n) is 7.92. The van der Waals surface area contributed by atoms with Crippen LogP contribution >= 0.6 is 0 Å². The number of carbonyl (C=O) groups excluding carboxylic acids is 1. The maximum atomic E-state index is 13.1. The first-order chi connectivity index (χ1) is 10.8. The highest BCUT2D eigenvalue weighted by molar-refractivity contribution is 5.73. The summed E-state index contributed by atoms with van der Waals surface area (Å²) in [6.45, 7) is 4.95. The normalized spacial score (nSPS) is 25.5. The average Bonchev–Trinajstić information content (AvgIpc) is 3.06. The molecule has 23 heavy (non-hydrogen) atoms. The van der Waals surface area contributed by atoms with Crippen LogP contribution in [0.5, 0.6) is 0 Å². The summed E-state index contributed by atoms with van der Waals surface area (Å²) in [6, 6.07) is 5.79. The molecule has 0 saturated carbocycles. The molecule has 6 heteroatoms. The third-order valence-electron chi connectivity index (χ3n) is 5.12. The molecule has 126 valence electrons. The zero-order valence-electron chi connectivity index (χ0n) is 13.2. The van der Waals surface area contributed by atoms with E-state index in [2.05, 4.69) is 4.90 Å². The second kappa shape index (κ2) is 5.82. The Morgan fingerprint density at radius 1 is 1.17 bits per heavy atom. The van der Waals surface area contributed by atoms with Gasteiger partial charge in [-0.15, -0.1) is 0 Å². The Labute approximate surface area is 134 Å². The van der Waals surface area contributed by atoms with Crippen molar-refractivity contribution in [3.8, 4) is 0 Å². The highest BCUT2D eigenvalue weighted by atomic mass is 19.4. The third kappa shape index (κ3) is 3.37. The first-order valence-corrected chi connectivity index (χ1v) is 7.92. The third-order valence-corrected chi connectivity index (χ3v) is 5.12. The number of rotatable bonds is 2. The molecule has 1 spiro atoms. The summed E-state index contributed by atoms with van der Waals surface area (Å²) in [5.74, 6) is 0.0859. The van der Waals surface area contributed by atoms with Crippen molar-refractivity contribution in [3.63, 3.8) is 0 Å². The van der Waals surface area contributed by atoms with Crippen LogP contribution in [0.2, 0.25) is 0 Å². The minimum Gasteiger partial charge on any atom is -0.342 e. The van der Waals surface area contributed by atoms with Crippen LogP contribution in [0.4, 0.5) is 13.2 Å². The summed E-state index contributed by atoms with van der Waals surface area (Å²) in [6.07, 6.45) is -2.41. The highest BCUT2D eigenvalue weighted by Crippen LogP contribution is 2.40. The van der Waals surface area contributed by atoms with Crippen LogP contribution in [0, 0.1) is 5.41 Å². The van der Waals surface area contributed by atoms with E-state index < -0.39 is 11.7 Å². The molecule has 1 aromatic rings. The topological polar surface area (TPSA) is 23.6 Å². The lowest BCUT2D eigenvalue weighted by Crippen LogP contribution is -2.32. The van der Waals surface area contributed by atoms with Gasteiger partial charge in [-0.05, 0) is 31.0 Å². The fourth-order valence-corrected chi connectivity index (χ4v) is 3.88. The molecular formula is C17H21F3N2O. The Balaban J connectivity index is 1.69. The van der Waals surface area contributed by atoms with Crippen molar-refractivity contribution in [2.45, 2.75) is 32.5 Å². The number of likely N-dealkylation sites (tertiary alicyclic amines) is 2. The molecule has 2 heterocycles. The van der Waals surface area contributed by atoms with Gasteiger partial charge in [-0.2, -0.15) is 13.2 Å². The molecule has 3 nitrogen and oxygen atoms in total. The molecular weight excluding hydrogens is 305 g/mol. The number of nitrogens with zero attached hydrogens (tertiary/aromatic N) is 2. The lowest BCUT2D eigenvalue weighted by molar-refractivity contribution is -0.138. The molecule has 0 unspecified atom stereocenters. The van der Waals surface area contributed by atoms with Gasteiger partial charge < -0.3 is 4.90 Å². The minimum atomic E-state index is -4.31. The zero-order chi connectivity index (χ0) is 16.7. The van der Waals surface area contributed by atoms with Gasteiger partial charge in [0.2, 0.25) is 5.91 Å². The molecule has 2 aliphatic rings. The van der Waals surface area contributed by atoms with Crippen LogP contribution in [0.25, 0.3) is 0 Å².